The molecule has 0 saturated carbocycles. The summed E-state index contributed by atoms with van der Waals surface area (Å²) in [6.45, 7) is 0. The van der Waals surface area contributed by atoms with Crippen molar-refractivity contribution in [2.24, 2.45) is 0 Å². The van der Waals surface area contributed by atoms with Crippen LogP contribution in [0.4, 0.5) is 0 Å². The average molecular weight is 340 g/mol. The van der Waals surface area contributed by atoms with Gasteiger partial charge in [-0.3, -0.25) is 0 Å². The van der Waals surface area contributed by atoms with Crippen molar-refractivity contribution in [3.8, 4) is 5.69 Å². The van der Waals surface area contributed by atoms with Gasteiger partial charge < -0.3 is 0 Å². The Balaban J connectivity index is 2.55. The Morgan fingerprint density at radius 1 is 1.25 bits per heavy atom. The summed E-state index contributed by atoms with van der Waals surface area (Å²) in [5, 5.41) is 5.31. The van der Waals surface area contributed by atoms with Crippen LogP contribution in [0.25, 0.3) is 5.69 Å². The maximum absolute atomic E-state index is 6.11. The Kier molecular flexibility index (Phi) is 3.80. The lowest BCUT2D eigenvalue weighted by atomic mass is 10.3. The summed E-state index contributed by atoms with van der Waals surface area (Å²) in [6, 6.07) is 5.36. The molecule has 0 spiro atoms. The number of aromatic nitrogens is 2. The van der Waals surface area contributed by atoms with Gasteiger partial charge in [-0.1, -0.05) is 39.1 Å². The van der Waals surface area contributed by atoms with E-state index in [1.54, 1.807) is 23.0 Å². The van der Waals surface area contributed by atoms with Crippen LogP contribution < -0.4 is 0 Å². The van der Waals surface area contributed by atoms with Gasteiger partial charge in [-0.2, -0.15) is 5.10 Å². The van der Waals surface area contributed by atoms with Crippen molar-refractivity contribution >= 4 is 50.7 Å². The molecule has 0 fully saturated rings. The van der Waals surface area contributed by atoms with Crippen molar-refractivity contribution in [2.45, 2.75) is 5.88 Å². The van der Waals surface area contributed by atoms with Crippen LogP contribution in [0.2, 0.25) is 10.0 Å². The molecule has 1 aromatic heterocycles. The molecule has 2 aromatic rings. The summed E-state index contributed by atoms with van der Waals surface area (Å²) in [5.74, 6) is 0.360. The zero-order valence-corrected chi connectivity index (χ0v) is 11.8. The molecule has 2 nitrogen and oxygen atoms in total. The molecular formula is C10H6BrCl3N2. The predicted molar refractivity (Wildman–Crippen MR) is 70.8 cm³/mol. The molecule has 0 amide bonds. The van der Waals surface area contributed by atoms with Gasteiger partial charge in [0.2, 0.25) is 0 Å². The van der Waals surface area contributed by atoms with Gasteiger partial charge in [-0.05, 0) is 18.2 Å². The zero-order valence-electron chi connectivity index (χ0n) is 7.92. The fourth-order valence-electron chi connectivity index (χ4n) is 1.31. The highest BCUT2D eigenvalue weighted by Crippen LogP contribution is 2.31. The monoisotopic (exact) mass is 338 g/mol. The minimum absolute atomic E-state index is 0.360. The van der Waals surface area contributed by atoms with Crippen molar-refractivity contribution in [2.75, 3.05) is 0 Å². The van der Waals surface area contributed by atoms with Gasteiger partial charge in [-0.25, -0.2) is 4.68 Å². The lowest BCUT2D eigenvalue weighted by Gasteiger charge is -2.07. The average Bonchev–Trinajstić information content (AvgIpc) is 2.64. The van der Waals surface area contributed by atoms with Crippen molar-refractivity contribution in [1.82, 2.24) is 9.78 Å². The fourth-order valence-corrected chi connectivity index (χ4v) is 2.84. The standard InChI is InChI=1S/C10H6BrCl3N2/c11-6-3-8(13)10(9(14)4-6)16-2-1-7(5-12)15-16/h1-4H,5H2. The highest BCUT2D eigenvalue weighted by molar-refractivity contribution is 9.10. The first-order valence-electron chi connectivity index (χ1n) is 4.37. The number of hydrogen-bond acceptors (Lipinski definition) is 1. The number of hydrogen-bond donors (Lipinski definition) is 0. The summed E-state index contributed by atoms with van der Waals surface area (Å²) in [6.07, 6.45) is 1.78. The minimum Gasteiger partial charge on any atom is -0.238 e. The first-order valence-corrected chi connectivity index (χ1v) is 6.45. The van der Waals surface area contributed by atoms with E-state index in [4.69, 9.17) is 34.8 Å². The molecule has 0 atom stereocenters. The number of nitrogens with zero attached hydrogens (tertiary/aromatic N) is 2. The Bertz CT molecular complexity index is 502. The summed E-state index contributed by atoms with van der Waals surface area (Å²) in [7, 11) is 0. The van der Waals surface area contributed by atoms with E-state index >= 15 is 0 Å². The third-order valence-corrected chi connectivity index (χ3v) is 3.30. The lowest BCUT2D eigenvalue weighted by molar-refractivity contribution is 0.859. The summed E-state index contributed by atoms with van der Waals surface area (Å²) < 4.78 is 2.45. The van der Waals surface area contributed by atoms with Gasteiger partial charge in [0.05, 0.1) is 21.6 Å². The van der Waals surface area contributed by atoms with Crippen molar-refractivity contribution < 1.29 is 0 Å². The molecule has 0 aliphatic heterocycles. The second kappa shape index (κ2) is 4.96. The van der Waals surface area contributed by atoms with E-state index in [1.807, 2.05) is 6.07 Å². The third-order valence-electron chi connectivity index (χ3n) is 1.99. The van der Waals surface area contributed by atoms with E-state index in [9.17, 15) is 0 Å². The Labute approximate surface area is 116 Å². The molecule has 0 aliphatic rings. The van der Waals surface area contributed by atoms with E-state index in [1.165, 1.54) is 0 Å². The van der Waals surface area contributed by atoms with Gasteiger partial charge in [-0.15, -0.1) is 11.6 Å². The van der Waals surface area contributed by atoms with Crippen molar-refractivity contribution in [3.63, 3.8) is 0 Å². The van der Waals surface area contributed by atoms with Crippen LogP contribution in [0, 0.1) is 0 Å². The topological polar surface area (TPSA) is 17.8 Å². The molecule has 0 unspecified atom stereocenters. The molecule has 6 heteroatoms. The summed E-state index contributed by atoms with van der Waals surface area (Å²) in [4.78, 5) is 0. The smallest absolute Gasteiger partial charge is 0.102 e. The number of rotatable bonds is 2. The molecular weight excluding hydrogens is 334 g/mol. The van der Waals surface area contributed by atoms with Gasteiger partial charge >= 0.3 is 0 Å². The molecule has 1 aromatic carbocycles. The Hall–Kier alpha value is -0.220. The number of alkyl halides is 1. The molecule has 1 heterocycles. The Morgan fingerprint density at radius 3 is 2.38 bits per heavy atom. The van der Waals surface area contributed by atoms with Crippen LogP contribution in [0.5, 0.6) is 0 Å². The zero-order chi connectivity index (χ0) is 11.7. The minimum atomic E-state index is 0.360. The fraction of sp³-hybridized carbons (Fsp3) is 0.100. The van der Waals surface area contributed by atoms with E-state index in [0.29, 0.717) is 21.6 Å². The van der Waals surface area contributed by atoms with Crippen molar-refractivity contribution in [3.05, 3.63) is 44.6 Å². The molecule has 84 valence electrons. The normalized spacial score (nSPS) is 10.8. The molecule has 2 rings (SSSR count). The highest BCUT2D eigenvalue weighted by atomic mass is 79.9. The second-order valence-corrected chi connectivity index (χ2v) is 5.10. The lowest BCUT2D eigenvalue weighted by Crippen LogP contribution is -1.98. The van der Waals surface area contributed by atoms with Gasteiger partial charge in [0.25, 0.3) is 0 Å². The largest absolute Gasteiger partial charge is 0.238 e. The predicted octanol–water partition coefficient (Wildman–Crippen LogP) is 4.68. The van der Waals surface area contributed by atoms with Gasteiger partial charge in [0.1, 0.15) is 5.69 Å². The van der Waals surface area contributed by atoms with E-state index in [2.05, 4.69) is 21.0 Å². The summed E-state index contributed by atoms with van der Waals surface area (Å²) >= 11 is 21.2. The van der Waals surface area contributed by atoms with Crippen LogP contribution in [0.1, 0.15) is 5.69 Å². The Morgan fingerprint density at radius 2 is 1.88 bits per heavy atom. The number of halogens is 4. The van der Waals surface area contributed by atoms with Crippen LogP contribution in [0.15, 0.2) is 28.9 Å². The second-order valence-electron chi connectivity index (χ2n) is 3.10. The maximum atomic E-state index is 6.11. The molecule has 0 saturated heterocycles. The van der Waals surface area contributed by atoms with Crippen molar-refractivity contribution in [1.29, 1.82) is 0 Å². The first-order chi connectivity index (χ1) is 7.61. The summed E-state index contributed by atoms with van der Waals surface area (Å²) in [5.41, 5.74) is 1.43. The van der Waals surface area contributed by atoms with E-state index < -0.39 is 0 Å². The van der Waals surface area contributed by atoms with Crippen LogP contribution >= 0.6 is 50.7 Å². The molecule has 16 heavy (non-hydrogen) atoms. The quantitative estimate of drug-likeness (QED) is 0.726. The molecule has 0 N–H and O–H groups in total. The third kappa shape index (κ3) is 2.38. The first kappa shape index (κ1) is 12.2. The van der Waals surface area contributed by atoms with E-state index in [-0.39, 0.29) is 0 Å². The van der Waals surface area contributed by atoms with Gasteiger partial charge in [0, 0.05) is 10.7 Å². The SMILES string of the molecule is ClCc1ccn(-c2c(Cl)cc(Br)cc2Cl)n1. The van der Waals surface area contributed by atoms with E-state index in [0.717, 1.165) is 10.2 Å². The molecule has 0 bridgehead atoms. The number of benzene rings is 1. The van der Waals surface area contributed by atoms with Crippen LogP contribution in [-0.2, 0) is 5.88 Å². The van der Waals surface area contributed by atoms with Crippen LogP contribution in [-0.4, -0.2) is 9.78 Å². The molecule has 0 radical (unpaired) electrons. The maximum Gasteiger partial charge on any atom is 0.102 e. The van der Waals surface area contributed by atoms with Gasteiger partial charge in [0.15, 0.2) is 0 Å². The highest BCUT2D eigenvalue weighted by Gasteiger charge is 2.10. The molecule has 0 aliphatic carbocycles. The van der Waals surface area contributed by atoms with Crippen LogP contribution in [0.3, 0.4) is 0 Å².